The van der Waals surface area contributed by atoms with Crippen LogP contribution in [0.2, 0.25) is 0 Å². The third-order valence-electron chi connectivity index (χ3n) is 1.58. The number of nitrogens with two attached hydrogens (primary N) is 1. The van der Waals surface area contributed by atoms with Crippen LogP contribution in [0.15, 0.2) is 0 Å². The van der Waals surface area contributed by atoms with Crippen LogP contribution in [0, 0.1) is 5.92 Å². The maximum atomic E-state index is 11.0. The van der Waals surface area contributed by atoms with Crippen molar-refractivity contribution < 1.29 is 13.2 Å². The van der Waals surface area contributed by atoms with Gasteiger partial charge in [-0.05, 0) is 5.92 Å². The van der Waals surface area contributed by atoms with Crippen molar-refractivity contribution in [1.82, 2.24) is 4.72 Å². The molecule has 0 radical (unpaired) electrons. The van der Waals surface area contributed by atoms with Crippen LogP contribution in [0.25, 0.3) is 0 Å². The quantitative estimate of drug-likeness (QED) is 0.648. The van der Waals surface area contributed by atoms with Crippen LogP contribution in [-0.2, 0) is 14.8 Å². The molecule has 0 saturated carbocycles. The van der Waals surface area contributed by atoms with Crippen molar-refractivity contribution in [2.45, 2.75) is 26.3 Å². The number of carbonyl (C=O) groups excluding carboxylic acids is 1. The Morgan fingerprint density at radius 3 is 2.23 bits per heavy atom. The van der Waals surface area contributed by atoms with Gasteiger partial charge in [-0.3, -0.25) is 9.52 Å². The number of amides is 1. The van der Waals surface area contributed by atoms with Crippen LogP contribution in [0.3, 0.4) is 0 Å². The van der Waals surface area contributed by atoms with Crippen molar-refractivity contribution in [3.05, 3.63) is 0 Å². The molecule has 0 rings (SSSR count). The average molecular weight is 208 g/mol. The molecule has 1 unspecified atom stereocenters. The van der Waals surface area contributed by atoms with E-state index in [1.54, 1.807) is 0 Å². The number of nitrogens with one attached hydrogen (secondary N) is 1. The van der Waals surface area contributed by atoms with E-state index in [-0.39, 0.29) is 18.4 Å². The molecular formula is C7H16N2O3S. The minimum atomic E-state index is -3.45. The highest BCUT2D eigenvalue weighted by Crippen LogP contribution is 2.02. The molecule has 0 aliphatic heterocycles. The molecule has 13 heavy (non-hydrogen) atoms. The van der Waals surface area contributed by atoms with Gasteiger partial charge in [-0.2, -0.15) is 0 Å². The van der Waals surface area contributed by atoms with Gasteiger partial charge in [0, 0.05) is 12.5 Å². The number of carbonyl (C=O) groups is 1. The summed E-state index contributed by atoms with van der Waals surface area (Å²) in [6.45, 7) is 3.75. The van der Waals surface area contributed by atoms with Crippen LogP contribution in [0.4, 0.5) is 0 Å². The lowest BCUT2D eigenvalue weighted by molar-refractivity contribution is -0.119. The first-order chi connectivity index (χ1) is 5.72. The SMILES string of the molecule is CC(C)C(N)CC(=O)NS(C)(=O)=O. The van der Waals surface area contributed by atoms with E-state index in [0.29, 0.717) is 0 Å². The van der Waals surface area contributed by atoms with Crippen LogP contribution >= 0.6 is 0 Å². The maximum Gasteiger partial charge on any atom is 0.234 e. The fourth-order valence-electron chi connectivity index (χ4n) is 0.698. The Morgan fingerprint density at radius 1 is 1.46 bits per heavy atom. The van der Waals surface area contributed by atoms with E-state index >= 15 is 0 Å². The van der Waals surface area contributed by atoms with Crippen LogP contribution in [0.1, 0.15) is 20.3 Å². The molecule has 78 valence electrons. The van der Waals surface area contributed by atoms with Crippen molar-refractivity contribution in [2.75, 3.05) is 6.26 Å². The van der Waals surface area contributed by atoms with Crippen molar-refractivity contribution in [3.8, 4) is 0 Å². The summed E-state index contributed by atoms with van der Waals surface area (Å²) in [5.41, 5.74) is 5.58. The van der Waals surface area contributed by atoms with E-state index in [0.717, 1.165) is 6.26 Å². The normalized spacial score (nSPS) is 14.2. The highest BCUT2D eigenvalue weighted by molar-refractivity contribution is 7.89. The van der Waals surface area contributed by atoms with Gasteiger partial charge in [0.25, 0.3) is 0 Å². The molecule has 0 aliphatic carbocycles. The zero-order valence-electron chi connectivity index (χ0n) is 8.07. The first-order valence-corrected chi connectivity index (χ1v) is 5.87. The van der Waals surface area contributed by atoms with E-state index in [1.165, 1.54) is 0 Å². The zero-order valence-corrected chi connectivity index (χ0v) is 8.89. The molecule has 0 aromatic carbocycles. The third-order valence-corrected chi connectivity index (χ3v) is 2.18. The summed E-state index contributed by atoms with van der Waals surface area (Å²) < 4.78 is 23.1. The summed E-state index contributed by atoms with van der Waals surface area (Å²) in [6.07, 6.45) is 0.969. The Kier molecular flexibility index (Phi) is 4.35. The number of sulfonamides is 1. The second kappa shape index (κ2) is 4.57. The van der Waals surface area contributed by atoms with Crippen molar-refractivity contribution in [2.24, 2.45) is 11.7 Å². The first-order valence-electron chi connectivity index (χ1n) is 3.98. The average Bonchev–Trinajstić information content (AvgIpc) is 1.81. The minimum Gasteiger partial charge on any atom is -0.327 e. The number of hydrogen-bond acceptors (Lipinski definition) is 4. The van der Waals surface area contributed by atoms with Crippen molar-refractivity contribution in [3.63, 3.8) is 0 Å². The van der Waals surface area contributed by atoms with E-state index in [9.17, 15) is 13.2 Å². The Morgan fingerprint density at radius 2 is 1.92 bits per heavy atom. The molecule has 3 N–H and O–H groups in total. The molecule has 0 heterocycles. The van der Waals surface area contributed by atoms with Gasteiger partial charge in [-0.1, -0.05) is 13.8 Å². The molecule has 1 atom stereocenters. The molecule has 0 bridgehead atoms. The molecular weight excluding hydrogens is 192 g/mol. The van der Waals surface area contributed by atoms with Crippen LogP contribution < -0.4 is 10.5 Å². The molecule has 5 nitrogen and oxygen atoms in total. The fourth-order valence-corrected chi connectivity index (χ4v) is 1.20. The van der Waals surface area contributed by atoms with Crippen molar-refractivity contribution >= 4 is 15.9 Å². The Hall–Kier alpha value is -0.620. The first kappa shape index (κ1) is 12.4. The molecule has 0 aromatic heterocycles. The van der Waals surface area contributed by atoms with Crippen molar-refractivity contribution in [1.29, 1.82) is 0 Å². The number of rotatable bonds is 4. The second-order valence-electron chi connectivity index (χ2n) is 3.41. The molecule has 0 aromatic rings. The largest absolute Gasteiger partial charge is 0.327 e. The van der Waals surface area contributed by atoms with Gasteiger partial charge in [-0.15, -0.1) is 0 Å². The predicted molar refractivity (Wildman–Crippen MR) is 50.4 cm³/mol. The van der Waals surface area contributed by atoms with Crippen LogP contribution in [-0.4, -0.2) is 26.6 Å². The van der Waals surface area contributed by atoms with Gasteiger partial charge in [-0.25, -0.2) is 8.42 Å². The summed E-state index contributed by atoms with van der Waals surface area (Å²) in [4.78, 5) is 11.0. The van der Waals surface area contributed by atoms with Gasteiger partial charge in [0.05, 0.1) is 6.26 Å². The Balaban J connectivity index is 4.03. The topological polar surface area (TPSA) is 89.3 Å². The summed E-state index contributed by atoms with van der Waals surface area (Å²) >= 11 is 0. The van der Waals surface area contributed by atoms with Gasteiger partial charge in [0.1, 0.15) is 0 Å². The Bertz CT molecular complexity index is 271. The standard InChI is InChI=1S/C7H16N2O3S/c1-5(2)6(8)4-7(10)9-13(3,11)12/h5-6H,4,8H2,1-3H3,(H,9,10). The van der Waals surface area contributed by atoms with Gasteiger partial charge in [0.15, 0.2) is 0 Å². The monoisotopic (exact) mass is 208 g/mol. The third kappa shape index (κ3) is 6.53. The molecule has 6 heteroatoms. The summed E-state index contributed by atoms with van der Waals surface area (Å²) in [5.74, 6) is -0.394. The lowest BCUT2D eigenvalue weighted by Crippen LogP contribution is -2.37. The lowest BCUT2D eigenvalue weighted by Gasteiger charge is -2.14. The zero-order chi connectivity index (χ0) is 10.6. The molecule has 0 fully saturated rings. The minimum absolute atomic E-state index is 0.0325. The highest BCUT2D eigenvalue weighted by atomic mass is 32.2. The van der Waals surface area contributed by atoms with Gasteiger partial charge >= 0.3 is 0 Å². The second-order valence-corrected chi connectivity index (χ2v) is 5.16. The molecule has 0 aliphatic rings. The predicted octanol–water partition coefficient (Wildman–Crippen LogP) is -0.564. The smallest absolute Gasteiger partial charge is 0.234 e. The van der Waals surface area contributed by atoms with Gasteiger partial charge in [0.2, 0.25) is 15.9 Å². The maximum absolute atomic E-state index is 11.0. The van der Waals surface area contributed by atoms with Gasteiger partial charge < -0.3 is 5.73 Å². The fraction of sp³-hybridized carbons (Fsp3) is 0.857. The lowest BCUT2D eigenvalue weighted by atomic mass is 10.0. The van der Waals surface area contributed by atoms with E-state index < -0.39 is 15.9 Å². The summed E-state index contributed by atoms with van der Waals surface area (Å²) in [6, 6.07) is -0.304. The summed E-state index contributed by atoms with van der Waals surface area (Å²) in [5, 5.41) is 0. The summed E-state index contributed by atoms with van der Waals surface area (Å²) in [7, 11) is -3.45. The van der Waals surface area contributed by atoms with E-state index in [4.69, 9.17) is 5.73 Å². The van der Waals surface area contributed by atoms with E-state index in [1.807, 2.05) is 18.6 Å². The molecule has 0 spiro atoms. The molecule has 1 amide bonds. The Labute approximate surface area is 78.7 Å². The highest BCUT2D eigenvalue weighted by Gasteiger charge is 2.15. The van der Waals surface area contributed by atoms with E-state index in [2.05, 4.69) is 0 Å². The molecule has 0 saturated heterocycles. The van der Waals surface area contributed by atoms with Crippen LogP contribution in [0.5, 0.6) is 0 Å². The number of hydrogen-bond donors (Lipinski definition) is 2.